The third-order valence-corrected chi connectivity index (χ3v) is 8.45. The molecule has 0 saturated heterocycles. The van der Waals surface area contributed by atoms with Gasteiger partial charge in [0.25, 0.3) is 0 Å². The minimum absolute atomic E-state index is 0.504. The monoisotopic (exact) mass is 544 g/mol. The zero-order chi connectivity index (χ0) is 26.9. The van der Waals surface area contributed by atoms with E-state index in [0.29, 0.717) is 0 Å². The van der Waals surface area contributed by atoms with Gasteiger partial charge in [0.05, 0.1) is 22.5 Å². The lowest BCUT2D eigenvalue weighted by molar-refractivity contribution is -0.118. The Morgan fingerprint density at radius 3 is 2.16 bits per heavy atom. The van der Waals surface area contributed by atoms with Crippen molar-refractivity contribution in [1.82, 2.24) is 4.98 Å². The fraction of sp³-hybridized carbons (Fsp3) is 0.310. The van der Waals surface area contributed by atoms with Gasteiger partial charge in [-0.1, -0.05) is 85.8 Å². The summed E-state index contributed by atoms with van der Waals surface area (Å²) in [5.74, 6) is 1.04. The SMILES string of the molecule is C=Cc1sc(SCCCCCC2(C=O)c3ccccc3-c3ccccc32)nc1/C=C\C.NCC(F)(F)F. The Morgan fingerprint density at radius 1 is 1.05 bits per heavy atom. The average molecular weight is 545 g/mol. The number of thioether (sulfide) groups is 1. The number of fused-ring (bicyclic) bond motifs is 3. The van der Waals surface area contributed by atoms with Gasteiger partial charge in [-0.2, -0.15) is 13.2 Å². The molecule has 1 aromatic heterocycles. The van der Waals surface area contributed by atoms with E-state index in [-0.39, 0.29) is 0 Å². The minimum Gasteiger partial charge on any atom is -0.323 e. The van der Waals surface area contributed by atoms with Gasteiger partial charge in [-0.05, 0) is 54.2 Å². The number of halogens is 3. The van der Waals surface area contributed by atoms with E-state index < -0.39 is 18.1 Å². The van der Waals surface area contributed by atoms with Crippen molar-refractivity contribution in [2.75, 3.05) is 12.3 Å². The molecule has 196 valence electrons. The molecule has 1 aliphatic rings. The number of aromatic nitrogens is 1. The van der Waals surface area contributed by atoms with E-state index >= 15 is 0 Å². The standard InChI is InChI=1S/C27H27NOS2.C2H4F3N/c1-3-12-24-25(4-2)31-26(28-24)30-18-11-5-10-17-27(19-29)22-15-8-6-13-20(22)21-14-7-9-16-23(21)27;3-2(4,5)1-6/h3-4,6-9,12-16,19H,2,5,10-11,17-18H2,1H3;1,6H2/b12-3-;. The summed E-state index contributed by atoms with van der Waals surface area (Å²) in [5.41, 5.74) is 9.43. The Bertz CT molecular complexity index is 1190. The number of alkyl halides is 3. The highest BCUT2D eigenvalue weighted by atomic mass is 32.2. The van der Waals surface area contributed by atoms with Crippen molar-refractivity contribution < 1.29 is 18.0 Å². The van der Waals surface area contributed by atoms with Crippen molar-refractivity contribution in [1.29, 1.82) is 0 Å². The predicted octanol–water partition coefficient (Wildman–Crippen LogP) is 8.14. The first-order valence-corrected chi connectivity index (χ1v) is 13.9. The summed E-state index contributed by atoms with van der Waals surface area (Å²) in [7, 11) is 0. The zero-order valence-electron chi connectivity index (χ0n) is 20.8. The smallest absolute Gasteiger partial charge is 0.323 e. The van der Waals surface area contributed by atoms with Gasteiger partial charge in [0, 0.05) is 5.75 Å². The molecule has 0 aliphatic heterocycles. The van der Waals surface area contributed by atoms with Crippen LogP contribution in [0.2, 0.25) is 0 Å². The second-order valence-electron chi connectivity index (χ2n) is 8.59. The fourth-order valence-corrected chi connectivity index (χ4v) is 6.54. The van der Waals surface area contributed by atoms with Crippen LogP contribution in [0.3, 0.4) is 0 Å². The molecule has 0 atom stereocenters. The predicted molar refractivity (Wildman–Crippen MR) is 150 cm³/mol. The second-order valence-corrected chi connectivity index (χ2v) is 11.0. The minimum atomic E-state index is -4.18. The lowest BCUT2D eigenvalue weighted by atomic mass is 9.75. The zero-order valence-corrected chi connectivity index (χ0v) is 22.4. The molecule has 2 aromatic carbocycles. The highest BCUT2D eigenvalue weighted by molar-refractivity contribution is 8.01. The van der Waals surface area contributed by atoms with Crippen molar-refractivity contribution >= 4 is 41.5 Å². The van der Waals surface area contributed by atoms with Gasteiger partial charge < -0.3 is 10.5 Å². The average Bonchev–Trinajstić information content (AvgIpc) is 3.43. The number of benzene rings is 2. The Morgan fingerprint density at radius 2 is 1.65 bits per heavy atom. The number of nitrogens with zero attached hydrogens (tertiary/aromatic N) is 1. The molecule has 0 amide bonds. The van der Waals surface area contributed by atoms with Gasteiger partial charge in [-0.15, -0.1) is 11.3 Å². The van der Waals surface area contributed by atoms with Crippen LogP contribution in [0.4, 0.5) is 13.2 Å². The molecule has 37 heavy (non-hydrogen) atoms. The summed E-state index contributed by atoms with van der Waals surface area (Å²) in [6, 6.07) is 16.8. The number of hydrogen-bond donors (Lipinski definition) is 1. The van der Waals surface area contributed by atoms with Gasteiger partial charge in [0.1, 0.15) is 6.29 Å². The molecule has 4 rings (SSSR count). The number of unbranched alkanes of at least 4 members (excludes halogenated alkanes) is 2. The number of nitrogens with two attached hydrogens (primary N) is 1. The first-order chi connectivity index (χ1) is 17.8. The molecular weight excluding hydrogens is 513 g/mol. The van der Waals surface area contributed by atoms with E-state index in [1.807, 2.05) is 49.0 Å². The van der Waals surface area contributed by atoms with Crippen LogP contribution < -0.4 is 5.73 Å². The summed E-state index contributed by atoms with van der Waals surface area (Å²) >= 11 is 3.52. The van der Waals surface area contributed by atoms with Gasteiger partial charge in [0.2, 0.25) is 0 Å². The first-order valence-electron chi connectivity index (χ1n) is 12.1. The van der Waals surface area contributed by atoms with Gasteiger partial charge in [-0.3, -0.25) is 0 Å². The van der Waals surface area contributed by atoms with Crippen molar-refractivity contribution in [3.05, 3.63) is 82.9 Å². The Balaban J connectivity index is 0.000000568. The highest BCUT2D eigenvalue weighted by Gasteiger charge is 2.42. The van der Waals surface area contributed by atoms with Crippen molar-refractivity contribution in [3.63, 3.8) is 0 Å². The third kappa shape index (κ3) is 7.00. The van der Waals surface area contributed by atoms with Crippen LogP contribution in [0.15, 0.2) is 65.5 Å². The van der Waals surface area contributed by atoms with Crippen molar-refractivity contribution in [2.45, 2.75) is 48.5 Å². The quantitative estimate of drug-likeness (QED) is 0.159. The van der Waals surface area contributed by atoms with E-state index in [0.717, 1.165) is 57.5 Å². The summed E-state index contributed by atoms with van der Waals surface area (Å²) < 4.78 is 33.1. The van der Waals surface area contributed by atoms with Crippen LogP contribution in [0.5, 0.6) is 0 Å². The fourth-order valence-electron chi connectivity index (χ4n) is 4.46. The van der Waals surface area contributed by atoms with Crippen LogP contribution in [0.1, 0.15) is 54.3 Å². The van der Waals surface area contributed by atoms with Crippen LogP contribution in [0, 0.1) is 0 Å². The number of hydrogen-bond acceptors (Lipinski definition) is 5. The number of aldehydes is 1. The van der Waals surface area contributed by atoms with E-state index in [4.69, 9.17) is 4.98 Å². The molecule has 1 aliphatic carbocycles. The Kier molecular flexibility index (Phi) is 10.3. The summed E-state index contributed by atoms with van der Waals surface area (Å²) in [6.45, 7) is 4.67. The molecule has 2 N–H and O–H groups in total. The maximum Gasteiger partial charge on any atom is 0.400 e. The van der Waals surface area contributed by atoms with Crippen LogP contribution >= 0.6 is 23.1 Å². The van der Waals surface area contributed by atoms with Crippen LogP contribution in [-0.2, 0) is 10.2 Å². The van der Waals surface area contributed by atoms with Crippen LogP contribution in [-0.4, -0.2) is 29.7 Å². The molecule has 8 heteroatoms. The highest BCUT2D eigenvalue weighted by Crippen LogP contribution is 2.50. The number of rotatable bonds is 10. The largest absolute Gasteiger partial charge is 0.400 e. The maximum atomic E-state index is 12.5. The molecule has 3 nitrogen and oxygen atoms in total. The van der Waals surface area contributed by atoms with Gasteiger partial charge >= 0.3 is 6.18 Å². The molecule has 0 unspecified atom stereocenters. The normalized spacial score (nSPS) is 13.5. The second kappa shape index (κ2) is 13.2. The number of thiazole rings is 1. The van der Waals surface area contributed by atoms with E-state index in [1.54, 1.807) is 11.3 Å². The summed E-state index contributed by atoms with van der Waals surface area (Å²) in [6.07, 6.45) is 7.04. The Hall–Kier alpha value is -2.68. The molecule has 1 heterocycles. The number of carbonyl (C=O) groups is 1. The lowest BCUT2D eigenvalue weighted by Crippen LogP contribution is -2.27. The number of allylic oxidation sites excluding steroid dienone is 1. The van der Waals surface area contributed by atoms with Crippen molar-refractivity contribution in [2.24, 2.45) is 5.73 Å². The van der Waals surface area contributed by atoms with Gasteiger partial charge in [-0.25, -0.2) is 4.98 Å². The van der Waals surface area contributed by atoms with E-state index in [9.17, 15) is 18.0 Å². The molecule has 0 spiro atoms. The molecular formula is C29H31F3N2OS2. The molecule has 0 bridgehead atoms. The van der Waals surface area contributed by atoms with E-state index in [2.05, 4.69) is 48.7 Å². The maximum absolute atomic E-state index is 12.5. The molecule has 0 saturated carbocycles. The lowest BCUT2D eigenvalue weighted by Gasteiger charge is -2.25. The van der Waals surface area contributed by atoms with Gasteiger partial charge in [0.15, 0.2) is 4.34 Å². The van der Waals surface area contributed by atoms with Crippen molar-refractivity contribution in [3.8, 4) is 11.1 Å². The molecule has 0 radical (unpaired) electrons. The van der Waals surface area contributed by atoms with Crippen LogP contribution in [0.25, 0.3) is 23.3 Å². The first kappa shape index (κ1) is 28.9. The summed E-state index contributed by atoms with van der Waals surface area (Å²) in [5, 5.41) is 0. The number of carbonyl (C=O) groups excluding carboxylic acids is 1. The summed E-state index contributed by atoms with van der Waals surface area (Å²) in [4.78, 5) is 18.3. The molecule has 3 aromatic rings. The third-order valence-electron chi connectivity index (χ3n) is 6.15. The Labute approximate surface area is 224 Å². The van der Waals surface area contributed by atoms with E-state index in [1.165, 1.54) is 17.4 Å². The topological polar surface area (TPSA) is 56.0 Å². The molecule has 0 fully saturated rings.